The van der Waals surface area contributed by atoms with E-state index in [-0.39, 0.29) is 11.6 Å². The summed E-state index contributed by atoms with van der Waals surface area (Å²) in [5.41, 5.74) is 1.49. The average Bonchev–Trinajstić information content (AvgIpc) is 2.35. The first-order valence-electron chi connectivity index (χ1n) is 5.58. The van der Waals surface area contributed by atoms with Gasteiger partial charge in [-0.1, -0.05) is 17.7 Å². The topological polar surface area (TPSA) is 37.0 Å². The first-order valence-corrected chi connectivity index (χ1v) is 5.96. The first-order chi connectivity index (χ1) is 9.01. The van der Waals surface area contributed by atoms with Crippen LogP contribution in [0.15, 0.2) is 24.3 Å². The van der Waals surface area contributed by atoms with Crippen LogP contribution in [0.1, 0.15) is 5.56 Å². The van der Waals surface area contributed by atoms with Crippen LogP contribution in [0, 0.1) is 18.6 Å². The minimum Gasteiger partial charge on any atom is -0.371 e. The van der Waals surface area contributed by atoms with Gasteiger partial charge in [0.25, 0.3) is 0 Å². The number of hydrogen-bond acceptors (Lipinski definition) is 3. The summed E-state index contributed by atoms with van der Waals surface area (Å²) in [6, 6.07) is 6.05. The molecule has 2 N–H and O–H groups in total. The normalized spacial score (nSPS) is 10.4. The zero-order valence-corrected chi connectivity index (χ0v) is 11.1. The summed E-state index contributed by atoms with van der Waals surface area (Å²) in [6.07, 6.45) is 0. The lowest BCUT2D eigenvalue weighted by molar-refractivity contribution is 0.580. The second-order valence-electron chi connectivity index (χ2n) is 4.01. The van der Waals surface area contributed by atoms with E-state index < -0.39 is 11.6 Å². The first kappa shape index (κ1) is 13.5. The molecule has 0 fully saturated rings. The van der Waals surface area contributed by atoms with E-state index in [2.05, 4.69) is 15.6 Å². The standard InChI is InChI=1S/C13H12ClF2N3/c1-7-3-4-11(8(14)5-7)18-13-10(16)6-9(15)12(17-2)19-13/h3-6H,1-2H3,(H2,17,18,19). The van der Waals surface area contributed by atoms with Crippen LogP contribution in [0.5, 0.6) is 0 Å². The van der Waals surface area contributed by atoms with Gasteiger partial charge < -0.3 is 10.6 Å². The molecule has 0 unspecified atom stereocenters. The molecule has 0 amide bonds. The summed E-state index contributed by atoms with van der Waals surface area (Å²) < 4.78 is 26.9. The van der Waals surface area contributed by atoms with E-state index in [4.69, 9.17) is 11.6 Å². The highest BCUT2D eigenvalue weighted by Gasteiger charge is 2.12. The van der Waals surface area contributed by atoms with Gasteiger partial charge in [0.1, 0.15) is 0 Å². The Balaban J connectivity index is 2.37. The number of rotatable bonds is 3. The molecule has 0 saturated heterocycles. The largest absolute Gasteiger partial charge is 0.371 e. The van der Waals surface area contributed by atoms with Crippen LogP contribution in [0.3, 0.4) is 0 Å². The molecule has 0 aliphatic rings. The second-order valence-corrected chi connectivity index (χ2v) is 4.41. The van der Waals surface area contributed by atoms with Crippen molar-refractivity contribution in [1.29, 1.82) is 0 Å². The van der Waals surface area contributed by atoms with Crippen molar-refractivity contribution in [3.05, 3.63) is 46.5 Å². The number of hydrogen-bond donors (Lipinski definition) is 2. The fraction of sp³-hybridized carbons (Fsp3) is 0.154. The van der Waals surface area contributed by atoms with E-state index in [0.29, 0.717) is 10.7 Å². The van der Waals surface area contributed by atoms with E-state index in [1.54, 1.807) is 12.1 Å². The summed E-state index contributed by atoms with van der Waals surface area (Å²) in [5.74, 6) is -1.66. The number of pyridine rings is 1. The van der Waals surface area contributed by atoms with E-state index in [1.165, 1.54) is 7.05 Å². The fourth-order valence-corrected chi connectivity index (χ4v) is 1.86. The minimum atomic E-state index is -0.784. The molecule has 1 heterocycles. The third-order valence-electron chi connectivity index (χ3n) is 2.54. The molecule has 0 atom stereocenters. The molecule has 19 heavy (non-hydrogen) atoms. The zero-order chi connectivity index (χ0) is 14.0. The summed E-state index contributed by atoms with van der Waals surface area (Å²) >= 11 is 6.03. The van der Waals surface area contributed by atoms with Crippen molar-refractivity contribution in [3.8, 4) is 0 Å². The predicted octanol–water partition coefficient (Wildman–Crippen LogP) is 4.11. The lowest BCUT2D eigenvalue weighted by Crippen LogP contribution is -2.03. The van der Waals surface area contributed by atoms with Gasteiger partial charge in [0.15, 0.2) is 23.3 Å². The highest BCUT2D eigenvalue weighted by molar-refractivity contribution is 6.33. The number of aromatic nitrogens is 1. The van der Waals surface area contributed by atoms with E-state index in [9.17, 15) is 8.78 Å². The van der Waals surface area contributed by atoms with Gasteiger partial charge >= 0.3 is 0 Å². The SMILES string of the molecule is CNc1nc(Nc2ccc(C)cc2Cl)c(F)cc1F. The van der Waals surface area contributed by atoms with Gasteiger partial charge in [-0.3, -0.25) is 0 Å². The Bertz CT molecular complexity index is 617. The van der Waals surface area contributed by atoms with Gasteiger partial charge in [-0.2, -0.15) is 0 Å². The maximum atomic E-state index is 13.6. The highest BCUT2D eigenvalue weighted by atomic mass is 35.5. The van der Waals surface area contributed by atoms with Gasteiger partial charge in [0, 0.05) is 13.1 Å². The molecular formula is C13H12ClF2N3. The summed E-state index contributed by atoms with van der Waals surface area (Å²) in [5, 5.41) is 5.73. The van der Waals surface area contributed by atoms with Gasteiger partial charge in [-0.25, -0.2) is 13.8 Å². The molecule has 0 radical (unpaired) electrons. The highest BCUT2D eigenvalue weighted by Crippen LogP contribution is 2.28. The van der Waals surface area contributed by atoms with Crippen LogP contribution in [-0.4, -0.2) is 12.0 Å². The Kier molecular flexibility index (Phi) is 3.85. The van der Waals surface area contributed by atoms with E-state index >= 15 is 0 Å². The molecule has 0 aliphatic heterocycles. The predicted molar refractivity (Wildman–Crippen MR) is 73.2 cm³/mol. The molecule has 1 aromatic carbocycles. The molecular weight excluding hydrogens is 272 g/mol. The number of aryl methyl sites for hydroxylation is 1. The van der Waals surface area contributed by atoms with E-state index in [1.807, 2.05) is 13.0 Å². The third kappa shape index (κ3) is 2.93. The van der Waals surface area contributed by atoms with Crippen molar-refractivity contribution in [1.82, 2.24) is 4.98 Å². The van der Waals surface area contributed by atoms with Crippen LogP contribution in [0.25, 0.3) is 0 Å². The molecule has 100 valence electrons. The molecule has 3 nitrogen and oxygen atoms in total. The summed E-state index contributed by atoms with van der Waals surface area (Å²) in [7, 11) is 1.51. The van der Waals surface area contributed by atoms with Crippen LogP contribution >= 0.6 is 11.6 Å². The Hall–Kier alpha value is -1.88. The van der Waals surface area contributed by atoms with Gasteiger partial charge in [0.2, 0.25) is 0 Å². The molecule has 0 saturated carbocycles. The van der Waals surface area contributed by atoms with Crippen molar-refractivity contribution < 1.29 is 8.78 Å². The van der Waals surface area contributed by atoms with Crippen molar-refractivity contribution in [2.45, 2.75) is 6.92 Å². The van der Waals surface area contributed by atoms with E-state index in [0.717, 1.165) is 11.6 Å². The minimum absolute atomic E-state index is 0.0351. The summed E-state index contributed by atoms with van der Waals surface area (Å²) in [6.45, 7) is 1.89. The van der Waals surface area contributed by atoms with Gasteiger partial charge in [-0.05, 0) is 24.6 Å². The van der Waals surface area contributed by atoms with Crippen molar-refractivity contribution in [2.24, 2.45) is 0 Å². The monoisotopic (exact) mass is 283 g/mol. The third-order valence-corrected chi connectivity index (χ3v) is 2.86. The molecule has 0 aliphatic carbocycles. The van der Waals surface area contributed by atoms with Crippen LogP contribution < -0.4 is 10.6 Å². The number of benzene rings is 1. The maximum absolute atomic E-state index is 13.6. The van der Waals surface area contributed by atoms with Crippen molar-refractivity contribution >= 4 is 28.9 Å². The van der Waals surface area contributed by atoms with Crippen molar-refractivity contribution in [2.75, 3.05) is 17.7 Å². The quantitative estimate of drug-likeness (QED) is 0.890. The molecule has 0 spiro atoms. The Morgan fingerprint density at radius 3 is 2.42 bits per heavy atom. The average molecular weight is 284 g/mol. The number of anilines is 3. The second kappa shape index (κ2) is 5.40. The van der Waals surface area contributed by atoms with Crippen LogP contribution in [-0.2, 0) is 0 Å². The summed E-state index contributed by atoms with van der Waals surface area (Å²) in [4.78, 5) is 3.82. The zero-order valence-electron chi connectivity index (χ0n) is 10.4. The molecule has 6 heteroatoms. The Labute approximate surface area is 114 Å². The van der Waals surface area contributed by atoms with Gasteiger partial charge in [-0.15, -0.1) is 0 Å². The lowest BCUT2D eigenvalue weighted by Gasteiger charge is -2.11. The maximum Gasteiger partial charge on any atom is 0.169 e. The number of nitrogens with one attached hydrogen (secondary N) is 2. The molecule has 1 aromatic heterocycles. The Morgan fingerprint density at radius 1 is 1.11 bits per heavy atom. The number of halogens is 3. The Morgan fingerprint density at radius 2 is 1.79 bits per heavy atom. The number of nitrogens with zero attached hydrogens (tertiary/aromatic N) is 1. The van der Waals surface area contributed by atoms with Crippen LogP contribution in [0.2, 0.25) is 5.02 Å². The lowest BCUT2D eigenvalue weighted by atomic mass is 10.2. The molecule has 2 rings (SSSR count). The van der Waals surface area contributed by atoms with Gasteiger partial charge in [0.05, 0.1) is 10.7 Å². The van der Waals surface area contributed by atoms with Crippen molar-refractivity contribution in [3.63, 3.8) is 0 Å². The smallest absolute Gasteiger partial charge is 0.169 e. The fourth-order valence-electron chi connectivity index (χ4n) is 1.58. The molecule has 0 bridgehead atoms. The molecule has 2 aromatic rings. The van der Waals surface area contributed by atoms with Crippen LogP contribution in [0.4, 0.5) is 26.1 Å².